The lowest BCUT2D eigenvalue weighted by Crippen LogP contribution is -2.12. The third-order valence-electron chi connectivity index (χ3n) is 2.90. The number of aryl methyl sites for hydroxylation is 2. The number of nitrogen functional groups attached to an aromatic ring is 1. The predicted octanol–water partition coefficient (Wildman–Crippen LogP) is 3.15. The van der Waals surface area contributed by atoms with Gasteiger partial charge in [-0.1, -0.05) is 35.9 Å². The Balaban J connectivity index is 2.02. The fraction of sp³-hybridized carbons (Fsp3) is 0.188. The van der Waals surface area contributed by atoms with E-state index in [2.05, 4.69) is 0 Å². The highest BCUT2D eigenvalue weighted by atomic mass is 16.5. The SMILES string of the molecule is Cc1ccc(C(=O)COc2ccc(C)cc2N)cc1. The number of hydrogen-bond donors (Lipinski definition) is 1. The van der Waals surface area contributed by atoms with Crippen molar-refractivity contribution in [2.45, 2.75) is 13.8 Å². The van der Waals surface area contributed by atoms with Gasteiger partial charge in [0.25, 0.3) is 0 Å². The third-order valence-corrected chi connectivity index (χ3v) is 2.90. The van der Waals surface area contributed by atoms with Gasteiger partial charge in [-0.05, 0) is 31.5 Å². The van der Waals surface area contributed by atoms with Crippen LogP contribution >= 0.6 is 0 Å². The van der Waals surface area contributed by atoms with Crippen LogP contribution in [0.25, 0.3) is 0 Å². The maximum Gasteiger partial charge on any atom is 0.200 e. The molecule has 98 valence electrons. The van der Waals surface area contributed by atoms with Crippen molar-refractivity contribution in [3.63, 3.8) is 0 Å². The van der Waals surface area contributed by atoms with Gasteiger partial charge < -0.3 is 10.5 Å². The number of hydrogen-bond acceptors (Lipinski definition) is 3. The molecule has 0 heterocycles. The van der Waals surface area contributed by atoms with E-state index in [9.17, 15) is 4.79 Å². The Morgan fingerprint density at radius 1 is 1.05 bits per heavy atom. The first-order valence-electron chi connectivity index (χ1n) is 6.15. The minimum atomic E-state index is -0.0556. The molecule has 0 aliphatic rings. The van der Waals surface area contributed by atoms with Crippen LogP contribution in [-0.4, -0.2) is 12.4 Å². The highest BCUT2D eigenvalue weighted by molar-refractivity contribution is 5.97. The van der Waals surface area contributed by atoms with Crippen molar-refractivity contribution in [1.82, 2.24) is 0 Å². The molecule has 2 aromatic carbocycles. The number of carbonyl (C=O) groups excluding carboxylic acids is 1. The minimum Gasteiger partial charge on any atom is -0.483 e. The lowest BCUT2D eigenvalue weighted by atomic mass is 10.1. The van der Waals surface area contributed by atoms with Crippen molar-refractivity contribution in [2.75, 3.05) is 12.3 Å². The minimum absolute atomic E-state index is 0.00365. The van der Waals surface area contributed by atoms with Gasteiger partial charge in [-0.25, -0.2) is 0 Å². The highest BCUT2D eigenvalue weighted by Gasteiger charge is 2.08. The number of Topliss-reactive ketones (excluding diaryl/α,β-unsaturated/α-hetero) is 1. The Labute approximate surface area is 113 Å². The Kier molecular flexibility index (Phi) is 3.85. The molecule has 19 heavy (non-hydrogen) atoms. The fourth-order valence-electron chi connectivity index (χ4n) is 1.77. The molecule has 3 nitrogen and oxygen atoms in total. The summed E-state index contributed by atoms with van der Waals surface area (Å²) in [6.45, 7) is 3.94. The molecular weight excluding hydrogens is 238 g/mol. The van der Waals surface area contributed by atoms with Crippen molar-refractivity contribution in [1.29, 1.82) is 0 Å². The number of ketones is 1. The summed E-state index contributed by atoms with van der Waals surface area (Å²) in [7, 11) is 0. The summed E-state index contributed by atoms with van der Waals surface area (Å²) in [5.41, 5.74) is 9.22. The van der Waals surface area contributed by atoms with E-state index in [1.54, 1.807) is 18.2 Å². The molecule has 0 spiro atoms. The summed E-state index contributed by atoms with van der Waals surface area (Å²) in [5, 5.41) is 0. The smallest absolute Gasteiger partial charge is 0.200 e. The quantitative estimate of drug-likeness (QED) is 0.674. The van der Waals surface area contributed by atoms with Crippen LogP contribution in [0.4, 0.5) is 5.69 Å². The van der Waals surface area contributed by atoms with E-state index in [0.717, 1.165) is 11.1 Å². The summed E-state index contributed by atoms with van der Waals surface area (Å²) in [5.74, 6) is 0.492. The second kappa shape index (κ2) is 5.57. The molecule has 0 saturated heterocycles. The standard InChI is InChI=1S/C16H17NO2/c1-11-3-6-13(7-4-11)15(18)10-19-16-8-5-12(2)9-14(16)17/h3-9H,10,17H2,1-2H3. The molecule has 2 aromatic rings. The summed E-state index contributed by atoms with van der Waals surface area (Å²) in [6, 6.07) is 12.9. The van der Waals surface area contributed by atoms with Crippen LogP contribution in [0.1, 0.15) is 21.5 Å². The van der Waals surface area contributed by atoms with Gasteiger partial charge in [-0.3, -0.25) is 4.79 Å². The van der Waals surface area contributed by atoms with Crippen molar-refractivity contribution in [2.24, 2.45) is 0 Å². The average molecular weight is 255 g/mol. The first kappa shape index (κ1) is 13.1. The zero-order valence-corrected chi connectivity index (χ0v) is 11.1. The average Bonchev–Trinajstić information content (AvgIpc) is 2.38. The zero-order chi connectivity index (χ0) is 13.8. The Hall–Kier alpha value is -2.29. The Bertz CT molecular complexity index is 588. The molecule has 0 unspecified atom stereocenters. The highest BCUT2D eigenvalue weighted by Crippen LogP contribution is 2.22. The lowest BCUT2D eigenvalue weighted by Gasteiger charge is -2.09. The molecule has 2 rings (SSSR count). The van der Waals surface area contributed by atoms with Gasteiger partial charge in [0.2, 0.25) is 0 Å². The van der Waals surface area contributed by atoms with Gasteiger partial charge in [-0.2, -0.15) is 0 Å². The van der Waals surface area contributed by atoms with Crippen LogP contribution in [0.15, 0.2) is 42.5 Å². The van der Waals surface area contributed by atoms with Crippen LogP contribution < -0.4 is 10.5 Å². The van der Waals surface area contributed by atoms with E-state index >= 15 is 0 Å². The Morgan fingerprint density at radius 2 is 1.68 bits per heavy atom. The lowest BCUT2D eigenvalue weighted by molar-refractivity contribution is 0.0922. The molecule has 3 heteroatoms. The first-order chi connectivity index (χ1) is 9.06. The molecule has 0 saturated carbocycles. The molecule has 0 aliphatic carbocycles. The second-order valence-electron chi connectivity index (χ2n) is 4.62. The second-order valence-corrected chi connectivity index (χ2v) is 4.62. The van der Waals surface area contributed by atoms with Crippen molar-refractivity contribution >= 4 is 11.5 Å². The van der Waals surface area contributed by atoms with Crippen molar-refractivity contribution in [3.8, 4) is 5.75 Å². The summed E-state index contributed by atoms with van der Waals surface area (Å²) >= 11 is 0. The Morgan fingerprint density at radius 3 is 2.32 bits per heavy atom. The monoisotopic (exact) mass is 255 g/mol. The van der Waals surface area contributed by atoms with Gasteiger partial charge in [0, 0.05) is 5.56 Å². The molecule has 0 bridgehead atoms. The molecule has 2 N–H and O–H groups in total. The van der Waals surface area contributed by atoms with E-state index in [0.29, 0.717) is 17.0 Å². The summed E-state index contributed by atoms with van der Waals surface area (Å²) < 4.78 is 5.46. The van der Waals surface area contributed by atoms with E-state index in [1.807, 2.05) is 38.1 Å². The maximum atomic E-state index is 11.9. The van der Waals surface area contributed by atoms with Crippen LogP contribution in [-0.2, 0) is 0 Å². The number of anilines is 1. The van der Waals surface area contributed by atoms with Crippen molar-refractivity contribution < 1.29 is 9.53 Å². The predicted molar refractivity (Wildman–Crippen MR) is 76.6 cm³/mol. The number of nitrogens with two attached hydrogens (primary N) is 1. The van der Waals surface area contributed by atoms with E-state index in [4.69, 9.17) is 10.5 Å². The molecule has 0 atom stereocenters. The van der Waals surface area contributed by atoms with Gasteiger partial charge in [-0.15, -0.1) is 0 Å². The largest absolute Gasteiger partial charge is 0.483 e. The van der Waals surface area contributed by atoms with Gasteiger partial charge in [0.05, 0.1) is 5.69 Å². The van der Waals surface area contributed by atoms with Crippen LogP contribution in [0.3, 0.4) is 0 Å². The van der Waals surface area contributed by atoms with Crippen molar-refractivity contribution in [3.05, 3.63) is 59.2 Å². The van der Waals surface area contributed by atoms with Crippen LogP contribution in [0.2, 0.25) is 0 Å². The molecule has 0 aromatic heterocycles. The third kappa shape index (κ3) is 3.35. The molecule has 0 fully saturated rings. The number of carbonyl (C=O) groups is 1. The zero-order valence-electron chi connectivity index (χ0n) is 11.1. The topological polar surface area (TPSA) is 52.3 Å². The molecule has 0 radical (unpaired) electrons. The van der Waals surface area contributed by atoms with Crippen LogP contribution in [0, 0.1) is 13.8 Å². The first-order valence-corrected chi connectivity index (χ1v) is 6.15. The number of rotatable bonds is 4. The fourth-order valence-corrected chi connectivity index (χ4v) is 1.77. The van der Waals surface area contributed by atoms with E-state index < -0.39 is 0 Å². The molecular formula is C16H17NO2. The summed E-state index contributed by atoms with van der Waals surface area (Å²) in [6.07, 6.45) is 0. The van der Waals surface area contributed by atoms with Gasteiger partial charge in [0.1, 0.15) is 5.75 Å². The van der Waals surface area contributed by atoms with Crippen LogP contribution in [0.5, 0.6) is 5.75 Å². The van der Waals surface area contributed by atoms with E-state index in [-0.39, 0.29) is 12.4 Å². The van der Waals surface area contributed by atoms with Gasteiger partial charge in [0.15, 0.2) is 12.4 Å². The van der Waals surface area contributed by atoms with E-state index in [1.165, 1.54) is 0 Å². The number of benzene rings is 2. The van der Waals surface area contributed by atoms with Gasteiger partial charge >= 0.3 is 0 Å². The maximum absolute atomic E-state index is 11.9. The number of ether oxygens (including phenoxy) is 1. The normalized spacial score (nSPS) is 10.2. The summed E-state index contributed by atoms with van der Waals surface area (Å²) in [4.78, 5) is 11.9. The molecule has 0 amide bonds. The molecule has 0 aliphatic heterocycles.